The van der Waals surface area contributed by atoms with Gasteiger partial charge in [0.2, 0.25) is 0 Å². The van der Waals surface area contributed by atoms with Crippen LogP contribution in [0.3, 0.4) is 0 Å². The molecule has 21 heavy (non-hydrogen) atoms. The lowest BCUT2D eigenvalue weighted by atomic mass is 9.97. The van der Waals surface area contributed by atoms with Crippen molar-refractivity contribution in [3.8, 4) is 0 Å². The summed E-state index contributed by atoms with van der Waals surface area (Å²) >= 11 is 0. The molecule has 1 aliphatic carbocycles. The Morgan fingerprint density at radius 3 is 2.52 bits per heavy atom. The highest BCUT2D eigenvalue weighted by Gasteiger charge is 2.32. The normalized spacial score (nSPS) is 23.4. The van der Waals surface area contributed by atoms with Gasteiger partial charge in [0.05, 0.1) is 25.4 Å². The first-order valence-electron chi connectivity index (χ1n) is 8.42. The molecule has 0 bridgehead atoms. The average molecular weight is 300 g/mol. The molecule has 0 aromatic carbocycles. The molecular weight excluding hydrogens is 268 g/mol. The molecule has 0 aromatic rings. The topological polar surface area (TPSA) is 54.0 Å². The Morgan fingerprint density at radius 2 is 1.90 bits per heavy atom. The standard InChI is InChI=1S/C16H32N2O3/c1-13(11-20-2)21-12-16(19)10-18(15-3-4-15)9-14-5-7-17-8-6-14/h13-17,19H,3-12H2,1-2H3. The Bertz CT molecular complexity index is 281. The molecule has 1 aliphatic heterocycles. The maximum absolute atomic E-state index is 10.2. The molecule has 1 saturated carbocycles. The minimum Gasteiger partial charge on any atom is -0.389 e. The van der Waals surface area contributed by atoms with Crippen molar-refractivity contribution in [1.29, 1.82) is 0 Å². The summed E-state index contributed by atoms with van der Waals surface area (Å²) in [6.07, 6.45) is 4.76. The number of hydrogen-bond donors (Lipinski definition) is 2. The molecular formula is C16H32N2O3. The zero-order valence-corrected chi connectivity index (χ0v) is 13.6. The third-order valence-corrected chi connectivity index (χ3v) is 4.43. The summed E-state index contributed by atoms with van der Waals surface area (Å²) in [6, 6.07) is 0.700. The summed E-state index contributed by atoms with van der Waals surface area (Å²) in [7, 11) is 1.67. The fourth-order valence-corrected chi connectivity index (χ4v) is 3.09. The summed E-state index contributed by atoms with van der Waals surface area (Å²) in [6.45, 7) is 7.12. The van der Waals surface area contributed by atoms with Gasteiger partial charge in [-0.25, -0.2) is 0 Å². The SMILES string of the molecule is COCC(C)OCC(O)CN(CC1CCNCC1)C1CC1. The highest BCUT2D eigenvalue weighted by atomic mass is 16.5. The molecule has 2 unspecified atom stereocenters. The van der Waals surface area contributed by atoms with Crippen LogP contribution in [0.2, 0.25) is 0 Å². The lowest BCUT2D eigenvalue weighted by molar-refractivity contribution is -0.0415. The highest BCUT2D eigenvalue weighted by Crippen LogP contribution is 2.29. The number of nitrogens with one attached hydrogen (secondary N) is 1. The van der Waals surface area contributed by atoms with Crippen molar-refractivity contribution in [2.45, 2.75) is 50.9 Å². The molecule has 2 N–H and O–H groups in total. The quantitative estimate of drug-likeness (QED) is 0.627. The lowest BCUT2D eigenvalue weighted by Gasteiger charge is -2.31. The van der Waals surface area contributed by atoms with Crippen LogP contribution < -0.4 is 5.32 Å². The van der Waals surface area contributed by atoms with E-state index in [0.717, 1.165) is 32.1 Å². The monoisotopic (exact) mass is 300 g/mol. The Hall–Kier alpha value is -0.200. The van der Waals surface area contributed by atoms with Gasteiger partial charge >= 0.3 is 0 Å². The van der Waals surface area contributed by atoms with Crippen molar-refractivity contribution < 1.29 is 14.6 Å². The van der Waals surface area contributed by atoms with Crippen LogP contribution in [0.1, 0.15) is 32.6 Å². The second-order valence-electron chi connectivity index (χ2n) is 6.63. The molecule has 2 rings (SSSR count). The zero-order chi connectivity index (χ0) is 15.1. The summed E-state index contributed by atoms with van der Waals surface area (Å²) in [5.41, 5.74) is 0. The first-order valence-corrected chi connectivity index (χ1v) is 8.42. The highest BCUT2D eigenvalue weighted by molar-refractivity contribution is 4.87. The van der Waals surface area contributed by atoms with E-state index in [1.54, 1.807) is 7.11 Å². The minimum atomic E-state index is -0.397. The van der Waals surface area contributed by atoms with Crippen molar-refractivity contribution in [3.63, 3.8) is 0 Å². The predicted octanol–water partition coefficient (Wildman–Crippen LogP) is 0.863. The fourth-order valence-electron chi connectivity index (χ4n) is 3.09. The number of piperidine rings is 1. The second-order valence-corrected chi connectivity index (χ2v) is 6.63. The molecule has 0 radical (unpaired) electrons. The molecule has 2 atom stereocenters. The van der Waals surface area contributed by atoms with Gasteiger partial charge in [0, 0.05) is 26.2 Å². The van der Waals surface area contributed by atoms with Crippen molar-refractivity contribution >= 4 is 0 Å². The van der Waals surface area contributed by atoms with E-state index >= 15 is 0 Å². The number of rotatable bonds is 10. The molecule has 2 aliphatic rings. The van der Waals surface area contributed by atoms with E-state index in [9.17, 15) is 5.11 Å². The summed E-state index contributed by atoms with van der Waals surface area (Å²) in [4.78, 5) is 2.49. The zero-order valence-electron chi connectivity index (χ0n) is 13.6. The predicted molar refractivity (Wildman–Crippen MR) is 83.5 cm³/mol. The number of hydrogen-bond acceptors (Lipinski definition) is 5. The van der Waals surface area contributed by atoms with E-state index in [4.69, 9.17) is 9.47 Å². The van der Waals surface area contributed by atoms with Crippen LogP contribution in [0, 0.1) is 5.92 Å². The number of ether oxygens (including phenoxy) is 2. The van der Waals surface area contributed by atoms with Crippen LogP contribution in [-0.4, -0.2) is 74.8 Å². The molecule has 124 valence electrons. The molecule has 0 aromatic heterocycles. The van der Waals surface area contributed by atoms with E-state index in [-0.39, 0.29) is 6.10 Å². The van der Waals surface area contributed by atoms with Crippen LogP contribution in [0.4, 0.5) is 0 Å². The van der Waals surface area contributed by atoms with Crippen LogP contribution in [-0.2, 0) is 9.47 Å². The van der Waals surface area contributed by atoms with Crippen LogP contribution in [0.15, 0.2) is 0 Å². The molecule has 5 nitrogen and oxygen atoms in total. The Morgan fingerprint density at radius 1 is 1.19 bits per heavy atom. The third kappa shape index (κ3) is 6.61. The number of methoxy groups -OCH3 is 1. The molecule has 0 spiro atoms. The first kappa shape index (κ1) is 17.2. The number of aliphatic hydroxyl groups is 1. The molecule has 5 heteroatoms. The van der Waals surface area contributed by atoms with Crippen molar-refractivity contribution in [2.24, 2.45) is 5.92 Å². The van der Waals surface area contributed by atoms with E-state index < -0.39 is 6.10 Å². The van der Waals surface area contributed by atoms with E-state index in [1.165, 1.54) is 25.7 Å². The van der Waals surface area contributed by atoms with Gasteiger partial charge in [-0.3, -0.25) is 4.90 Å². The largest absolute Gasteiger partial charge is 0.389 e. The van der Waals surface area contributed by atoms with E-state index in [0.29, 0.717) is 19.3 Å². The molecule has 0 amide bonds. The van der Waals surface area contributed by atoms with Crippen LogP contribution >= 0.6 is 0 Å². The van der Waals surface area contributed by atoms with Crippen molar-refractivity contribution in [1.82, 2.24) is 10.2 Å². The smallest absolute Gasteiger partial charge is 0.0900 e. The van der Waals surface area contributed by atoms with Crippen molar-refractivity contribution in [3.05, 3.63) is 0 Å². The minimum absolute atomic E-state index is 0.0449. The maximum Gasteiger partial charge on any atom is 0.0900 e. The number of aliphatic hydroxyl groups excluding tert-OH is 1. The van der Waals surface area contributed by atoms with Crippen LogP contribution in [0.25, 0.3) is 0 Å². The molecule has 2 fully saturated rings. The average Bonchev–Trinajstić information content (AvgIpc) is 3.30. The van der Waals surface area contributed by atoms with Gasteiger partial charge in [0.15, 0.2) is 0 Å². The first-order chi connectivity index (χ1) is 10.2. The summed E-state index contributed by atoms with van der Waals surface area (Å²) in [5, 5.41) is 13.6. The van der Waals surface area contributed by atoms with E-state index in [2.05, 4.69) is 10.2 Å². The summed E-state index contributed by atoms with van der Waals surface area (Å²) in [5.74, 6) is 0.785. The van der Waals surface area contributed by atoms with Gasteiger partial charge in [0.25, 0.3) is 0 Å². The Labute approximate surface area is 129 Å². The van der Waals surface area contributed by atoms with Gasteiger partial charge < -0.3 is 19.9 Å². The number of nitrogens with zero attached hydrogens (tertiary/aromatic N) is 1. The lowest BCUT2D eigenvalue weighted by Crippen LogP contribution is -2.42. The van der Waals surface area contributed by atoms with Gasteiger partial charge in [-0.1, -0.05) is 0 Å². The second kappa shape index (κ2) is 9.06. The molecule has 1 saturated heterocycles. The molecule has 1 heterocycles. The fraction of sp³-hybridized carbons (Fsp3) is 1.00. The van der Waals surface area contributed by atoms with Crippen LogP contribution in [0.5, 0.6) is 0 Å². The summed E-state index contributed by atoms with van der Waals surface area (Å²) < 4.78 is 10.7. The van der Waals surface area contributed by atoms with Crippen molar-refractivity contribution in [2.75, 3.05) is 46.5 Å². The van der Waals surface area contributed by atoms with Gasteiger partial charge in [-0.2, -0.15) is 0 Å². The van der Waals surface area contributed by atoms with Gasteiger partial charge in [-0.05, 0) is 51.6 Å². The van der Waals surface area contributed by atoms with Gasteiger partial charge in [0.1, 0.15) is 0 Å². The third-order valence-electron chi connectivity index (χ3n) is 4.43. The maximum atomic E-state index is 10.2. The van der Waals surface area contributed by atoms with Gasteiger partial charge in [-0.15, -0.1) is 0 Å². The van der Waals surface area contributed by atoms with E-state index in [1.807, 2.05) is 6.92 Å². The Balaban J connectivity index is 1.68. The Kier molecular flexibility index (Phi) is 7.40.